The van der Waals surface area contributed by atoms with Crippen LogP contribution in [0.3, 0.4) is 0 Å². The van der Waals surface area contributed by atoms with E-state index in [2.05, 4.69) is 48.3 Å². The van der Waals surface area contributed by atoms with Gasteiger partial charge in [0.25, 0.3) is 0 Å². The number of hydrogen-bond donors (Lipinski definition) is 2. The molecule has 3 aromatic rings. The fourth-order valence-electron chi connectivity index (χ4n) is 2.13. The van der Waals surface area contributed by atoms with Gasteiger partial charge in [0.1, 0.15) is 17.8 Å². The molecule has 0 fully saturated rings. The van der Waals surface area contributed by atoms with Crippen molar-refractivity contribution in [1.82, 2.24) is 20.4 Å². The summed E-state index contributed by atoms with van der Waals surface area (Å²) in [7, 11) is 0. The first kappa shape index (κ1) is 19.0. The number of nitrogens with one attached hydrogen (secondary N) is 2. The van der Waals surface area contributed by atoms with Crippen LogP contribution in [0.25, 0.3) is 11.3 Å². The molecule has 0 spiro atoms. The smallest absolute Gasteiger partial charge is 0.243 e. The predicted molar refractivity (Wildman–Crippen MR) is 102 cm³/mol. The van der Waals surface area contributed by atoms with Crippen LogP contribution in [0.15, 0.2) is 52.4 Å². The Morgan fingerprint density at radius 2 is 2.26 bits per heavy atom. The number of nitrogens with zero attached hydrogens (tertiary/aromatic N) is 3. The summed E-state index contributed by atoms with van der Waals surface area (Å²) in [4.78, 5) is 19.3. The van der Waals surface area contributed by atoms with E-state index in [-0.39, 0.29) is 23.2 Å². The number of rotatable bonds is 6. The summed E-state index contributed by atoms with van der Waals surface area (Å²) in [6.07, 6.45) is 3.97. The topological polar surface area (TPSA) is 92.9 Å². The number of halogens is 3. The summed E-state index contributed by atoms with van der Waals surface area (Å²) in [6, 6.07) is 4.76. The first-order valence-electron chi connectivity index (χ1n) is 7.56. The Bertz CT molecular complexity index is 1010. The van der Waals surface area contributed by atoms with Crippen molar-refractivity contribution in [2.75, 3.05) is 5.32 Å². The van der Waals surface area contributed by atoms with Crippen molar-refractivity contribution in [3.8, 4) is 11.3 Å². The van der Waals surface area contributed by atoms with Gasteiger partial charge in [0, 0.05) is 16.7 Å². The number of benzene rings is 1. The maximum Gasteiger partial charge on any atom is 0.243 e. The van der Waals surface area contributed by atoms with Crippen molar-refractivity contribution in [3.05, 3.63) is 64.4 Å². The molecule has 3 rings (SSSR count). The van der Waals surface area contributed by atoms with E-state index >= 15 is 0 Å². The second-order valence-electron chi connectivity index (χ2n) is 5.24. The summed E-state index contributed by atoms with van der Waals surface area (Å²) in [5, 5.41) is 9.30. The Kier molecular flexibility index (Phi) is 5.82. The van der Waals surface area contributed by atoms with Gasteiger partial charge in [-0.2, -0.15) is 0 Å². The summed E-state index contributed by atoms with van der Waals surface area (Å²) in [5.41, 5.74) is 1.10. The number of carbonyl (C=O) groups is 1. The molecule has 0 bridgehead atoms. The van der Waals surface area contributed by atoms with Gasteiger partial charge in [0.2, 0.25) is 5.91 Å². The van der Waals surface area contributed by atoms with Gasteiger partial charge in [-0.1, -0.05) is 23.3 Å². The lowest BCUT2D eigenvalue weighted by Crippen LogP contribution is -2.19. The molecule has 27 heavy (non-hydrogen) atoms. The molecule has 0 saturated heterocycles. The van der Waals surface area contributed by atoms with Crippen LogP contribution in [0.4, 0.5) is 15.9 Å². The molecule has 0 atom stereocenters. The van der Waals surface area contributed by atoms with Crippen LogP contribution in [0.5, 0.6) is 0 Å². The van der Waals surface area contributed by atoms with Crippen LogP contribution in [0.2, 0.25) is 5.02 Å². The minimum Gasteiger partial charge on any atom is -0.356 e. The summed E-state index contributed by atoms with van der Waals surface area (Å²) in [5.74, 6) is -0.293. The van der Waals surface area contributed by atoms with E-state index in [1.165, 1.54) is 18.6 Å². The monoisotopic (exact) mass is 451 g/mol. The van der Waals surface area contributed by atoms with E-state index in [9.17, 15) is 9.18 Å². The van der Waals surface area contributed by atoms with Crippen molar-refractivity contribution in [1.29, 1.82) is 0 Å². The average molecular weight is 453 g/mol. The molecular formula is C17H12BrClFN5O2. The molecule has 0 unspecified atom stereocenters. The lowest BCUT2D eigenvalue weighted by Gasteiger charge is -2.10. The summed E-state index contributed by atoms with van der Waals surface area (Å²) >= 11 is 9.08. The van der Waals surface area contributed by atoms with E-state index in [1.54, 1.807) is 12.1 Å². The molecule has 0 aliphatic heterocycles. The zero-order valence-electron chi connectivity index (χ0n) is 13.7. The second kappa shape index (κ2) is 8.28. The Balaban J connectivity index is 1.87. The lowest BCUT2D eigenvalue weighted by atomic mass is 10.2. The Morgan fingerprint density at radius 3 is 3.04 bits per heavy atom. The van der Waals surface area contributed by atoms with Crippen LogP contribution in [-0.2, 0) is 11.3 Å². The van der Waals surface area contributed by atoms with Crippen molar-refractivity contribution in [2.24, 2.45) is 0 Å². The van der Waals surface area contributed by atoms with Gasteiger partial charge in [0.05, 0.1) is 22.8 Å². The Morgan fingerprint density at radius 1 is 1.44 bits per heavy atom. The molecule has 0 aliphatic rings. The van der Waals surface area contributed by atoms with Crippen LogP contribution >= 0.6 is 27.5 Å². The van der Waals surface area contributed by atoms with Gasteiger partial charge in [-0.3, -0.25) is 4.79 Å². The van der Waals surface area contributed by atoms with Gasteiger partial charge in [0.15, 0.2) is 11.6 Å². The highest BCUT2D eigenvalue weighted by molar-refractivity contribution is 9.10. The van der Waals surface area contributed by atoms with Gasteiger partial charge in [-0.05, 0) is 34.1 Å². The fourth-order valence-corrected chi connectivity index (χ4v) is 2.60. The van der Waals surface area contributed by atoms with Crippen molar-refractivity contribution < 1.29 is 13.7 Å². The molecular weight excluding hydrogens is 441 g/mol. The molecule has 1 amide bonds. The zero-order valence-corrected chi connectivity index (χ0v) is 16.0. The quantitative estimate of drug-likeness (QED) is 0.429. The van der Waals surface area contributed by atoms with Gasteiger partial charge in [-0.25, -0.2) is 14.4 Å². The van der Waals surface area contributed by atoms with E-state index in [1.807, 2.05) is 0 Å². The van der Waals surface area contributed by atoms with E-state index in [0.717, 1.165) is 6.08 Å². The third kappa shape index (κ3) is 4.32. The van der Waals surface area contributed by atoms with Crippen molar-refractivity contribution in [2.45, 2.75) is 6.54 Å². The molecule has 10 heteroatoms. The zero-order chi connectivity index (χ0) is 19.4. The van der Waals surface area contributed by atoms with Crippen LogP contribution in [0, 0.1) is 5.82 Å². The van der Waals surface area contributed by atoms with Crippen molar-refractivity contribution in [3.63, 3.8) is 0 Å². The molecule has 0 aliphatic carbocycles. The fraction of sp³-hybridized carbons (Fsp3) is 0.0588. The average Bonchev–Trinajstić information content (AvgIpc) is 3.15. The number of amides is 1. The molecule has 138 valence electrons. The molecule has 1 aromatic carbocycles. The van der Waals surface area contributed by atoms with Crippen LogP contribution < -0.4 is 10.6 Å². The minimum absolute atomic E-state index is 0.0458. The van der Waals surface area contributed by atoms with Crippen LogP contribution in [0.1, 0.15) is 5.69 Å². The Labute approximate surface area is 166 Å². The molecule has 2 N–H and O–H groups in total. The maximum atomic E-state index is 14.3. The highest BCUT2D eigenvalue weighted by Gasteiger charge is 2.16. The standard InChI is InChI=1S/C17H12BrClFN5O2/c1-2-14(26)22-6-9-5-13(27-25-9)10-7-21-8-23-17(10)24-12-4-3-11(18)15(19)16(12)20/h2-5,7-8H,1,6H2,(H,22,26)(H,21,23,24). The number of hydrogen-bond acceptors (Lipinski definition) is 6. The third-order valence-electron chi connectivity index (χ3n) is 3.45. The number of anilines is 2. The van der Waals surface area contributed by atoms with E-state index in [0.29, 0.717) is 27.3 Å². The molecule has 2 heterocycles. The van der Waals surface area contributed by atoms with Gasteiger partial charge in [-0.15, -0.1) is 0 Å². The number of aromatic nitrogens is 3. The minimum atomic E-state index is -0.624. The second-order valence-corrected chi connectivity index (χ2v) is 6.47. The summed E-state index contributed by atoms with van der Waals surface area (Å²) < 4.78 is 20.1. The van der Waals surface area contributed by atoms with E-state index in [4.69, 9.17) is 16.1 Å². The summed E-state index contributed by atoms with van der Waals surface area (Å²) in [6.45, 7) is 3.54. The SMILES string of the molecule is C=CC(=O)NCc1cc(-c2cncnc2Nc2ccc(Br)c(Cl)c2F)on1. The first-order valence-corrected chi connectivity index (χ1v) is 8.73. The molecule has 0 saturated carbocycles. The Hall–Kier alpha value is -2.78. The normalized spacial score (nSPS) is 10.5. The van der Waals surface area contributed by atoms with Crippen LogP contribution in [-0.4, -0.2) is 21.0 Å². The largest absolute Gasteiger partial charge is 0.356 e. The van der Waals surface area contributed by atoms with Gasteiger partial charge >= 0.3 is 0 Å². The first-order chi connectivity index (χ1) is 13.0. The highest BCUT2D eigenvalue weighted by atomic mass is 79.9. The van der Waals surface area contributed by atoms with E-state index < -0.39 is 5.82 Å². The number of carbonyl (C=O) groups excluding carboxylic acids is 1. The molecule has 2 aromatic heterocycles. The maximum absolute atomic E-state index is 14.3. The molecule has 0 radical (unpaired) electrons. The van der Waals surface area contributed by atoms with Crippen molar-refractivity contribution >= 4 is 44.9 Å². The van der Waals surface area contributed by atoms with Gasteiger partial charge < -0.3 is 15.2 Å². The lowest BCUT2D eigenvalue weighted by molar-refractivity contribution is -0.116. The molecule has 7 nitrogen and oxygen atoms in total. The predicted octanol–water partition coefficient (Wildman–Crippen LogP) is 4.23. The third-order valence-corrected chi connectivity index (χ3v) is 4.71. The highest BCUT2D eigenvalue weighted by Crippen LogP contribution is 2.34.